The van der Waals surface area contributed by atoms with Crippen LogP contribution in [0.15, 0.2) is 54.2 Å². The Morgan fingerprint density at radius 2 is 2.03 bits per heavy atom. The number of hydrogen-bond donors (Lipinski definition) is 1. The molecule has 0 saturated heterocycles. The monoisotopic (exact) mass is 496 g/mol. The van der Waals surface area contributed by atoms with Crippen LogP contribution in [0, 0.1) is 5.82 Å². The molecule has 7 nitrogen and oxygen atoms in total. The number of anilines is 1. The Hall–Kier alpha value is -2.75. The zero-order valence-electron chi connectivity index (χ0n) is 17.0. The molecule has 0 aliphatic heterocycles. The lowest BCUT2D eigenvalue weighted by atomic mass is 10.3. The van der Waals surface area contributed by atoms with Gasteiger partial charge in [0, 0.05) is 11.6 Å². The standard InChI is InChI=1S/C21H19Cl2FN4O3S/c1-3-8-28-19(11-31-17-7-5-14(24)10-15(17)23)26-27-21(28)32-12-20(29)25-16-9-13(22)4-6-18(16)30-2/h3-7,9-10H,1,8,11-12H2,2H3,(H,25,29). The van der Waals surface area contributed by atoms with Gasteiger partial charge in [0.25, 0.3) is 0 Å². The van der Waals surface area contributed by atoms with Crippen LogP contribution in [0.4, 0.5) is 10.1 Å². The molecule has 1 N–H and O–H groups in total. The van der Waals surface area contributed by atoms with E-state index in [1.165, 1.54) is 37.1 Å². The van der Waals surface area contributed by atoms with Crippen LogP contribution in [0.3, 0.4) is 0 Å². The number of benzene rings is 2. The molecule has 2 aromatic carbocycles. The maximum absolute atomic E-state index is 13.2. The van der Waals surface area contributed by atoms with E-state index in [9.17, 15) is 9.18 Å². The molecule has 0 aliphatic rings. The number of hydrogen-bond acceptors (Lipinski definition) is 6. The van der Waals surface area contributed by atoms with Crippen LogP contribution in [-0.4, -0.2) is 33.5 Å². The molecule has 3 aromatic rings. The highest BCUT2D eigenvalue weighted by Gasteiger charge is 2.16. The Kier molecular flexibility index (Phi) is 8.38. The highest BCUT2D eigenvalue weighted by Crippen LogP contribution is 2.29. The lowest BCUT2D eigenvalue weighted by Crippen LogP contribution is -2.15. The van der Waals surface area contributed by atoms with Gasteiger partial charge in [0.2, 0.25) is 5.91 Å². The van der Waals surface area contributed by atoms with Crippen molar-refractivity contribution in [2.45, 2.75) is 18.3 Å². The Balaban J connectivity index is 1.65. The van der Waals surface area contributed by atoms with Crippen LogP contribution in [0.1, 0.15) is 5.82 Å². The van der Waals surface area contributed by atoms with E-state index in [2.05, 4.69) is 22.1 Å². The third-order valence-corrected chi connectivity index (χ3v) is 5.62. The number of amides is 1. The van der Waals surface area contributed by atoms with E-state index in [4.69, 9.17) is 32.7 Å². The fourth-order valence-electron chi connectivity index (χ4n) is 2.67. The molecule has 0 bridgehead atoms. The Morgan fingerprint density at radius 3 is 2.75 bits per heavy atom. The van der Waals surface area contributed by atoms with E-state index in [1.54, 1.807) is 28.8 Å². The number of rotatable bonds is 10. The van der Waals surface area contributed by atoms with Crippen LogP contribution >= 0.6 is 35.0 Å². The highest BCUT2D eigenvalue weighted by molar-refractivity contribution is 7.99. The van der Waals surface area contributed by atoms with Crippen LogP contribution in [-0.2, 0) is 17.9 Å². The van der Waals surface area contributed by atoms with Crippen molar-refractivity contribution in [2.75, 3.05) is 18.2 Å². The largest absolute Gasteiger partial charge is 0.495 e. The van der Waals surface area contributed by atoms with E-state index in [1.807, 2.05) is 0 Å². The van der Waals surface area contributed by atoms with E-state index in [0.29, 0.717) is 39.7 Å². The first-order valence-corrected chi connectivity index (χ1v) is 11.0. The Labute approximate surface area is 198 Å². The highest BCUT2D eigenvalue weighted by atomic mass is 35.5. The predicted octanol–water partition coefficient (Wildman–Crippen LogP) is 5.23. The summed E-state index contributed by atoms with van der Waals surface area (Å²) in [6.07, 6.45) is 1.68. The van der Waals surface area contributed by atoms with Crippen molar-refractivity contribution in [2.24, 2.45) is 0 Å². The molecular formula is C21H19Cl2FN4O3S. The van der Waals surface area contributed by atoms with E-state index in [0.717, 1.165) is 0 Å². The quantitative estimate of drug-likeness (QED) is 0.306. The van der Waals surface area contributed by atoms with Gasteiger partial charge in [-0.1, -0.05) is 41.0 Å². The third-order valence-electron chi connectivity index (χ3n) is 4.12. The van der Waals surface area contributed by atoms with E-state index < -0.39 is 5.82 Å². The number of carbonyl (C=O) groups excluding carboxylic acids is 1. The van der Waals surface area contributed by atoms with Crippen LogP contribution < -0.4 is 14.8 Å². The average molecular weight is 497 g/mol. The second-order valence-electron chi connectivity index (χ2n) is 6.34. The summed E-state index contributed by atoms with van der Waals surface area (Å²) in [6, 6.07) is 8.82. The topological polar surface area (TPSA) is 78.3 Å². The van der Waals surface area contributed by atoms with Crippen molar-refractivity contribution < 1.29 is 18.7 Å². The fourth-order valence-corrected chi connectivity index (χ4v) is 3.83. The van der Waals surface area contributed by atoms with Crippen molar-refractivity contribution in [3.05, 3.63) is 70.7 Å². The maximum atomic E-state index is 13.2. The molecule has 3 rings (SSSR count). The second-order valence-corrected chi connectivity index (χ2v) is 8.13. The van der Waals surface area contributed by atoms with Crippen molar-refractivity contribution >= 4 is 46.6 Å². The van der Waals surface area contributed by atoms with Gasteiger partial charge in [-0.3, -0.25) is 9.36 Å². The summed E-state index contributed by atoms with van der Waals surface area (Å²) < 4.78 is 25.9. The molecule has 1 aromatic heterocycles. The zero-order chi connectivity index (χ0) is 23.1. The first-order valence-electron chi connectivity index (χ1n) is 9.28. The van der Waals surface area contributed by atoms with Crippen LogP contribution in [0.2, 0.25) is 10.0 Å². The summed E-state index contributed by atoms with van der Waals surface area (Å²) in [7, 11) is 1.51. The first-order chi connectivity index (χ1) is 15.4. The molecule has 32 heavy (non-hydrogen) atoms. The number of nitrogens with zero attached hydrogens (tertiary/aromatic N) is 3. The molecule has 0 radical (unpaired) electrons. The molecule has 11 heteroatoms. The SMILES string of the molecule is C=CCn1c(COc2ccc(F)cc2Cl)nnc1SCC(=O)Nc1cc(Cl)ccc1OC. The lowest BCUT2D eigenvalue weighted by molar-refractivity contribution is -0.113. The molecule has 168 valence electrons. The van der Waals surface area contributed by atoms with Crippen LogP contribution in [0.5, 0.6) is 11.5 Å². The summed E-state index contributed by atoms with van der Waals surface area (Å²) in [4.78, 5) is 12.4. The van der Waals surface area contributed by atoms with Gasteiger partial charge in [0.05, 0.1) is 23.6 Å². The molecular weight excluding hydrogens is 478 g/mol. The van der Waals surface area contributed by atoms with Gasteiger partial charge in [-0.25, -0.2) is 4.39 Å². The normalized spacial score (nSPS) is 10.6. The summed E-state index contributed by atoms with van der Waals surface area (Å²) in [6.45, 7) is 4.21. The zero-order valence-corrected chi connectivity index (χ0v) is 19.3. The smallest absolute Gasteiger partial charge is 0.234 e. The van der Waals surface area contributed by atoms with Crippen molar-refractivity contribution in [3.63, 3.8) is 0 Å². The number of carbonyl (C=O) groups is 1. The first kappa shape index (κ1) is 23.9. The lowest BCUT2D eigenvalue weighted by Gasteiger charge is -2.11. The number of methoxy groups -OCH3 is 1. The Bertz CT molecular complexity index is 1130. The van der Waals surface area contributed by atoms with Gasteiger partial charge in [0.15, 0.2) is 11.0 Å². The van der Waals surface area contributed by atoms with Crippen molar-refractivity contribution in [3.8, 4) is 11.5 Å². The van der Waals surface area contributed by atoms with Gasteiger partial charge in [-0.2, -0.15) is 0 Å². The number of ether oxygens (including phenoxy) is 2. The van der Waals surface area contributed by atoms with E-state index in [-0.39, 0.29) is 23.3 Å². The average Bonchev–Trinajstić information content (AvgIpc) is 3.14. The number of halogens is 3. The molecule has 1 amide bonds. The third kappa shape index (κ3) is 6.15. The van der Waals surface area contributed by atoms with E-state index >= 15 is 0 Å². The molecule has 0 unspecified atom stereocenters. The van der Waals surface area contributed by atoms with Gasteiger partial charge in [0.1, 0.15) is 23.9 Å². The predicted molar refractivity (Wildman–Crippen MR) is 123 cm³/mol. The number of nitrogens with one attached hydrogen (secondary N) is 1. The molecule has 0 atom stereocenters. The molecule has 0 aliphatic carbocycles. The van der Waals surface area contributed by atoms with Gasteiger partial charge in [-0.05, 0) is 36.4 Å². The van der Waals surface area contributed by atoms with Gasteiger partial charge >= 0.3 is 0 Å². The van der Waals surface area contributed by atoms with Gasteiger partial charge in [-0.15, -0.1) is 16.8 Å². The number of allylic oxidation sites excluding steroid dienone is 1. The van der Waals surface area contributed by atoms with Crippen molar-refractivity contribution in [1.29, 1.82) is 0 Å². The van der Waals surface area contributed by atoms with Crippen LogP contribution in [0.25, 0.3) is 0 Å². The molecule has 0 spiro atoms. The Morgan fingerprint density at radius 1 is 1.25 bits per heavy atom. The minimum absolute atomic E-state index is 0.0542. The summed E-state index contributed by atoms with van der Waals surface area (Å²) >= 11 is 13.2. The summed E-state index contributed by atoms with van der Waals surface area (Å²) in [5.74, 6) is 0.691. The second kappa shape index (κ2) is 11.2. The minimum atomic E-state index is -0.454. The molecule has 1 heterocycles. The minimum Gasteiger partial charge on any atom is -0.495 e. The number of aromatic nitrogens is 3. The molecule has 0 saturated carbocycles. The number of thioether (sulfide) groups is 1. The van der Waals surface area contributed by atoms with Crippen molar-refractivity contribution in [1.82, 2.24) is 14.8 Å². The van der Waals surface area contributed by atoms with Gasteiger partial charge < -0.3 is 14.8 Å². The summed E-state index contributed by atoms with van der Waals surface area (Å²) in [5, 5.41) is 12.2. The summed E-state index contributed by atoms with van der Waals surface area (Å²) in [5.41, 5.74) is 0.475. The molecule has 0 fully saturated rings. The maximum Gasteiger partial charge on any atom is 0.234 e. The fraction of sp³-hybridized carbons (Fsp3) is 0.190.